The molecule has 0 radical (unpaired) electrons. The molecular weight excluding hydrogens is 282 g/mol. The summed E-state index contributed by atoms with van der Waals surface area (Å²) in [7, 11) is 0. The van der Waals surface area contributed by atoms with Gasteiger partial charge in [-0.3, -0.25) is 4.79 Å². The van der Waals surface area contributed by atoms with Crippen LogP contribution in [0.15, 0.2) is 52.2 Å². The minimum Gasteiger partial charge on any atom is -0.398 e. The zero-order valence-corrected chi connectivity index (χ0v) is 12.4. The third kappa shape index (κ3) is 2.78. The number of thioether (sulfide) groups is 1. The standard InChI is InChI=1S/C16H15N3OS/c1-10-12(17)6-4-8-14(10)21-9-15-18-13-7-3-2-5-11(13)16(20)19-15/h2-8H,9,17H2,1H3,(H,18,19,20). The number of anilines is 1. The highest BCUT2D eigenvalue weighted by atomic mass is 32.2. The lowest BCUT2D eigenvalue weighted by atomic mass is 10.2. The maximum Gasteiger partial charge on any atom is 0.258 e. The van der Waals surface area contributed by atoms with Crippen molar-refractivity contribution in [3.63, 3.8) is 0 Å². The summed E-state index contributed by atoms with van der Waals surface area (Å²) < 4.78 is 0. The molecule has 0 aliphatic heterocycles. The molecule has 0 saturated carbocycles. The van der Waals surface area contributed by atoms with Crippen molar-refractivity contribution in [1.82, 2.24) is 9.97 Å². The van der Waals surface area contributed by atoms with Crippen LogP contribution in [-0.4, -0.2) is 9.97 Å². The monoisotopic (exact) mass is 297 g/mol. The summed E-state index contributed by atoms with van der Waals surface area (Å²) in [6, 6.07) is 13.2. The topological polar surface area (TPSA) is 71.8 Å². The molecule has 0 bridgehead atoms. The first-order valence-electron chi connectivity index (χ1n) is 6.61. The first-order chi connectivity index (χ1) is 10.1. The molecule has 1 aromatic heterocycles. The van der Waals surface area contributed by atoms with Gasteiger partial charge in [-0.05, 0) is 36.8 Å². The first-order valence-corrected chi connectivity index (χ1v) is 7.59. The first kappa shape index (κ1) is 13.7. The molecule has 3 rings (SSSR count). The second-order valence-electron chi connectivity index (χ2n) is 4.79. The minimum atomic E-state index is -0.0968. The predicted octanol–water partition coefficient (Wildman–Crippen LogP) is 3.11. The minimum absolute atomic E-state index is 0.0968. The smallest absolute Gasteiger partial charge is 0.258 e. The number of aromatic amines is 1. The molecule has 0 aliphatic carbocycles. The Labute approximate surface area is 126 Å². The number of benzene rings is 2. The number of nitrogens with two attached hydrogens (primary N) is 1. The molecule has 0 fully saturated rings. The Kier molecular flexibility index (Phi) is 3.66. The van der Waals surface area contributed by atoms with Gasteiger partial charge in [0.15, 0.2) is 0 Å². The molecule has 21 heavy (non-hydrogen) atoms. The van der Waals surface area contributed by atoms with Crippen molar-refractivity contribution in [2.24, 2.45) is 0 Å². The molecule has 4 nitrogen and oxygen atoms in total. The number of nitrogen functional groups attached to an aromatic ring is 1. The third-order valence-electron chi connectivity index (χ3n) is 3.35. The highest BCUT2D eigenvalue weighted by molar-refractivity contribution is 7.98. The van der Waals surface area contributed by atoms with Crippen molar-refractivity contribution < 1.29 is 0 Å². The molecule has 5 heteroatoms. The van der Waals surface area contributed by atoms with E-state index in [1.54, 1.807) is 17.8 Å². The van der Waals surface area contributed by atoms with Gasteiger partial charge in [0.2, 0.25) is 0 Å². The summed E-state index contributed by atoms with van der Waals surface area (Å²) in [5.74, 6) is 1.27. The van der Waals surface area contributed by atoms with Gasteiger partial charge in [-0.25, -0.2) is 4.98 Å². The van der Waals surface area contributed by atoms with Crippen LogP contribution in [0, 0.1) is 6.92 Å². The Hall–Kier alpha value is -2.27. The largest absolute Gasteiger partial charge is 0.398 e. The normalized spacial score (nSPS) is 10.9. The van der Waals surface area contributed by atoms with Gasteiger partial charge in [0.25, 0.3) is 5.56 Å². The number of fused-ring (bicyclic) bond motifs is 1. The average Bonchev–Trinajstić information content (AvgIpc) is 2.49. The van der Waals surface area contributed by atoms with E-state index in [1.165, 1.54) is 0 Å². The van der Waals surface area contributed by atoms with Gasteiger partial charge >= 0.3 is 0 Å². The fraction of sp³-hybridized carbons (Fsp3) is 0.125. The van der Waals surface area contributed by atoms with Crippen LogP contribution in [0.25, 0.3) is 10.9 Å². The number of nitrogens with zero attached hydrogens (tertiary/aromatic N) is 1. The SMILES string of the molecule is Cc1c(N)cccc1SCc1nc2ccccc2c(=O)[nH]1. The quantitative estimate of drug-likeness (QED) is 0.575. The highest BCUT2D eigenvalue weighted by Crippen LogP contribution is 2.28. The number of rotatable bonds is 3. The van der Waals surface area contributed by atoms with E-state index < -0.39 is 0 Å². The van der Waals surface area contributed by atoms with Gasteiger partial charge in [-0.2, -0.15) is 0 Å². The Balaban J connectivity index is 1.89. The van der Waals surface area contributed by atoms with E-state index in [-0.39, 0.29) is 5.56 Å². The van der Waals surface area contributed by atoms with E-state index in [0.29, 0.717) is 17.0 Å². The number of nitrogens with one attached hydrogen (secondary N) is 1. The van der Waals surface area contributed by atoms with Crippen LogP contribution in [0.1, 0.15) is 11.4 Å². The summed E-state index contributed by atoms with van der Waals surface area (Å²) in [6.45, 7) is 1.99. The fourth-order valence-corrected chi connectivity index (χ4v) is 3.08. The molecule has 106 valence electrons. The lowest BCUT2D eigenvalue weighted by Crippen LogP contribution is -2.11. The number of para-hydroxylation sites is 1. The van der Waals surface area contributed by atoms with Gasteiger partial charge < -0.3 is 10.7 Å². The van der Waals surface area contributed by atoms with Crippen molar-refractivity contribution in [3.8, 4) is 0 Å². The molecule has 0 unspecified atom stereocenters. The molecule has 3 N–H and O–H groups in total. The lowest BCUT2D eigenvalue weighted by molar-refractivity contribution is 1.04. The van der Waals surface area contributed by atoms with Crippen LogP contribution < -0.4 is 11.3 Å². The molecule has 2 aromatic carbocycles. The van der Waals surface area contributed by atoms with Gasteiger partial charge in [0.1, 0.15) is 5.82 Å². The third-order valence-corrected chi connectivity index (χ3v) is 4.52. The molecule has 1 heterocycles. The van der Waals surface area contributed by atoms with Crippen LogP contribution >= 0.6 is 11.8 Å². The fourth-order valence-electron chi connectivity index (χ4n) is 2.14. The van der Waals surface area contributed by atoms with Crippen LogP contribution in [0.4, 0.5) is 5.69 Å². The molecule has 0 saturated heterocycles. The zero-order chi connectivity index (χ0) is 14.8. The number of H-pyrrole nitrogens is 1. The predicted molar refractivity (Wildman–Crippen MR) is 87.5 cm³/mol. The highest BCUT2D eigenvalue weighted by Gasteiger charge is 2.06. The summed E-state index contributed by atoms with van der Waals surface area (Å²) in [6.07, 6.45) is 0. The van der Waals surface area contributed by atoms with Crippen molar-refractivity contribution in [3.05, 3.63) is 64.2 Å². The number of hydrogen-bond donors (Lipinski definition) is 2. The molecule has 0 aliphatic rings. The Morgan fingerprint density at radius 3 is 2.86 bits per heavy atom. The van der Waals surface area contributed by atoms with Crippen LogP contribution in [0.5, 0.6) is 0 Å². The Bertz CT molecular complexity index is 858. The van der Waals surface area contributed by atoms with E-state index in [2.05, 4.69) is 9.97 Å². The molecular formula is C16H15N3OS. The Morgan fingerprint density at radius 1 is 1.19 bits per heavy atom. The van der Waals surface area contributed by atoms with Crippen LogP contribution in [0.3, 0.4) is 0 Å². The van der Waals surface area contributed by atoms with E-state index >= 15 is 0 Å². The van der Waals surface area contributed by atoms with Crippen molar-refractivity contribution in [2.45, 2.75) is 17.6 Å². The van der Waals surface area contributed by atoms with Gasteiger partial charge in [-0.15, -0.1) is 11.8 Å². The van der Waals surface area contributed by atoms with Gasteiger partial charge in [0.05, 0.1) is 16.7 Å². The number of hydrogen-bond acceptors (Lipinski definition) is 4. The molecule has 0 spiro atoms. The van der Waals surface area contributed by atoms with Crippen molar-refractivity contribution in [2.75, 3.05) is 5.73 Å². The van der Waals surface area contributed by atoms with Gasteiger partial charge in [0, 0.05) is 10.6 Å². The van der Waals surface area contributed by atoms with Crippen LogP contribution in [0.2, 0.25) is 0 Å². The molecule has 0 amide bonds. The summed E-state index contributed by atoms with van der Waals surface area (Å²) >= 11 is 1.62. The van der Waals surface area contributed by atoms with E-state index in [9.17, 15) is 4.79 Å². The van der Waals surface area contributed by atoms with Crippen LogP contribution in [-0.2, 0) is 5.75 Å². The van der Waals surface area contributed by atoms with Crippen molar-refractivity contribution >= 4 is 28.4 Å². The second-order valence-corrected chi connectivity index (χ2v) is 5.81. The average molecular weight is 297 g/mol. The number of aromatic nitrogens is 2. The zero-order valence-electron chi connectivity index (χ0n) is 11.6. The molecule has 0 atom stereocenters. The van der Waals surface area contributed by atoms with E-state index in [0.717, 1.165) is 21.7 Å². The molecule has 3 aromatic rings. The maximum absolute atomic E-state index is 12.0. The summed E-state index contributed by atoms with van der Waals surface area (Å²) in [5, 5.41) is 0.617. The summed E-state index contributed by atoms with van der Waals surface area (Å²) in [4.78, 5) is 20.4. The maximum atomic E-state index is 12.0. The van der Waals surface area contributed by atoms with E-state index in [4.69, 9.17) is 5.73 Å². The second kappa shape index (κ2) is 5.61. The van der Waals surface area contributed by atoms with E-state index in [1.807, 2.05) is 43.3 Å². The van der Waals surface area contributed by atoms with Gasteiger partial charge in [-0.1, -0.05) is 18.2 Å². The Morgan fingerprint density at radius 2 is 2.00 bits per heavy atom. The lowest BCUT2D eigenvalue weighted by Gasteiger charge is -2.08. The van der Waals surface area contributed by atoms with Crippen molar-refractivity contribution in [1.29, 1.82) is 0 Å². The summed E-state index contributed by atoms with van der Waals surface area (Å²) in [5.41, 5.74) is 8.37.